The summed E-state index contributed by atoms with van der Waals surface area (Å²) in [5, 5.41) is 0. The van der Waals surface area contributed by atoms with Gasteiger partial charge in [-0.2, -0.15) is 0 Å². The monoisotopic (exact) mass is 647 g/mol. The molecule has 46 heavy (non-hydrogen) atoms. The third-order valence-electron chi connectivity index (χ3n) is 9.00. The Labute approximate surface area is 285 Å². The van der Waals surface area contributed by atoms with Crippen LogP contribution in [0.4, 0.5) is 0 Å². The maximum absolute atomic E-state index is 12.3. The van der Waals surface area contributed by atoms with E-state index in [0.717, 1.165) is 104 Å². The minimum atomic E-state index is 0.202. The van der Waals surface area contributed by atoms with Crippen LogP contribution < -0.4 is 0 Å². The number of nitrogens with zero attached hydrogens (tertiary/aromatic N) is 6. The summed E-state index contributed by atoms with van der Waals surface area (Å²) in [6.45, 7) is 16.6. The van der Waals surface area contributed by atoms with Crippen LogP contribution in [-0.2, 0) is 9.59 Å². The highest BCUT2D eigenvalue weighted by Crippen LogP contribution is 2.09. The van der Waals surface area contributed by atoms with Gasteiger partial charge in [-0.1, -0.05) is 77.4 Å². The van der Waals surface area contributed by atoms with Crippen molar-refractivity contribution in [3.05, 3.63) is 24.3 Å². The van der Waals surface area contributed by atoms with Crippen molar-refractivity contribution in [2.45, 2.75) is 104 Å². The van der Waals surface area contributed by atoms with Crippen LogP contribution in [0.2, 0.25) is 0 Å². The van der Waals surface area contributed by atoms with Crippen LogP contribution >= 0.6 is 0 Å². The minimum absolute atomic E-state index is 0.202. The molecule has 2 aliphatic heterocycles. The molecular weight excluding hydrogens is 572 g/mol. The van der Waals surface area contributed by atoms with E-state index in [2.05, 4.69) is 73.8 Å². The SMILES string of the molecule is CCCCCCC/C=C/C(=O)N1CCCN(CCN(C)C)CC1.CCCCCCC/C=C/C(=O)N1CCCN(CCN(C)C)CC1. The number of likely N-dealkylation sites (N-methyl/N-ethyl adjacent to an activating group) is 2. The Kier molecular flexibility index (Phi) is 26.0. The summed E-state index contributed by atoms with van der Waals surface area (Å²) in [5.41, 5.74) is 0. The van der Waals surface area contributed by atoms with Crippen molar-refractivity contribution in [1.29, 1.82) is 0 Å². The first kappa shape index (κ1) is 42.3. The molecule has 0 spiro atoms. The zero-order valence-corrected chi connectivity index (χ0v) is 31.2. The predicted molar refractivity (Wildman–Crippen MR) is 197 cm³/mol. The van der Waals surface area contributed by atoms with Crippen molar-refractivity contribution in [3.8, 4) is 0 Å². The molecule has 0 atom stereocenters. The molecule has 2 fully saturated rings. The van der Waals surface area contributed by atoms with Gasteiger partial charge < -0.3 is 29.4 Å². The molecule has 8 nitrogen and oxygen atoms in total. The van der Waals surface area contributed by atoms with Crippen molar-refractivity contribution in [1.82, 2.24) is 29.4 Å². The average Bonchev–Trinajstić information content (AvgIpc) is 3.43. The summed E-state index contributed by atoms with van der Waals surface area (Å²) in [7, 11) is 8.45. The highest BCUT2D eigenvalue weighted by Gasteiger charge is 2.18. The second kappa shape index (κ2) is 28.3. The molecule has 2 aliphatic rings. The van der Waals surface area contributed by atoms with Crippen LogP contribution in [0.15, 0.2) is 24.3 Å². The number of allylic oxidation sites excluding steroid dienone is 2. The summed E-state index contributed by atoms with van der Waals surface area (Å²) in [5.74, 6) is 0.404. The smallest absolute Gasteiger partial charge is 0.246 e. The summed E-state index contributed by atoms with van der Waals surface area (Å²) >= 11 is 0. The van der Waals surface area contributed by atoms with Crippen molar-refractivity contribution in [3.63, 3.8) is 0 Å². The standard InChI is InChI=1S/2C19H37N3O/c2*1-4-5-6-7-8-9-10-12-19(23)22-14-11-13-21(17-18-22)16-15-20(2)3/h2*10,12H,4-9,11,13-18H2,1-3H3/b2*12-10+. The van der Waals surface area contributed by atoms with E-state index in [4.69, 9.17) is 0 Å². The van der Waals surface area contributed by atoms with Crippen LogP contribution in [0, 0.1) is 0 Å². The van der Waals surface area contributed by atoms with E-state index in [-0.39, 0.29) is 11.8 Å². The van der Waals surface area contributed by atoms with Crippen LogP contribution in [-0.4, -0.2) is 148 Å². The first-order valence-electron chi connectivity index (χ1n) is 18.9. The van der Waals surface area contributed by atoms with Gasteiger partial charge in [-0.05, 0) is 92.0 Å². The molecule has 2 saturated heterocycles. The zero-order valence-electron chi connectivity index (χ0n) is 31.2. The molecule has 2 amide bonds. The number of hydrogen-bond donors (Lipinski definition) is 0. The van der Waals surface area contributed by atoms with Crippen molar-refractivity contribution in [2.75, 3.05) is 107 Å². The van der Waals surface area contributed by atoms with E-state index in [9.17, 15) is 9.59 Å². The third kappa shape index (κ3) is 22.7. The lowest BCUT2D eigenvalue weighted by Gasteiger charge is -2.22. The minimum Gasteiger partial charge on any atom is -0.338 e. The van der Waals surface area contributed by atoms with E-state index in [1.807, 2.05) is 9.80 Å². The molecule has 268 valence electrons. The second-order valence-electron chi connectivity index (χ2n) is 13.9. The summed E-state index contributed by atoms with van der Waals surface area (Å²) < 4.78 is 0. The second-order valence-corrected chi connectivity index (χ2v) is 13.9. The fourth-order valence-corrected chi connectivity index (χ4v) is 5.82. The first-order valence-corrected chi connectivity index (χ1v) is 18.9. The summed E-state index contributed by atoms with van der Waals surface area (Å²) in [6.07, 6.45) is 24.9. The first-order chi connectivity index (χ1) is 22.3. The maximum atomic E-state index is 12.3. The number of carbonyl (C=O) groups excluding carboxylic acids is 2. The largest absolute Gasteiger partial charge is 0.338 e. The van der Waals surface area contributed by atoms with E-state index in [1.165, 1.54) is 64.2 Å². The molecular formula is C38H74N6O2. The molecule has 0 aliphatic carbocycles. The molecule has 0 radical (unpaired) electrons. The van der Waals surface area contributed by atoms with Crippen LogP contribution in [0.5, 0.6) is 0 Å². The normalized spacial score (nSPS) is 17.1. The molecule has 2 heterocycles. The molecule has 0 aromatic heterocycles. The lowest BCUT2D eigenvalue weighted by molar-refractivity contribution is -0.126. The Morgan fingerprint density at radius 1 is 0.522 bits per heavy atom. The van der Waals surface area contributed by atoms with Crippen LogP contribution in [0.25, 0.3) is 0 Å². The molecule has 0 N–H and O–H groups in total. The van der Waals surface area contributed by atoms with Gasteiger partial charge in [0.1, 0.15) is 0 Å². The molecule has 0 unspecified atom stereocenters. The van der Waals surface area contributed by atoms with Gasteiger partial charge in [0.15, 0.2) is 0 Å². The van der Waals surface area contributed by atoms with Crippen LogP contribution in [0.3, 0.4) is 0 Å². The topological polar surface area (TPSA) is 53.6 Å². The molecule has 0 bridgehead atoms. The highest BCUT2D eigenvalue weighted by atomic mass is 16.2. The Bertz CT molecular complexity index is 749. The van der Waals surface area contributed by atoms with E-state index >= 15 is 0 Å². The van der Waals surface area contributed by atoms with Gasteiger partial charge in [0, 0.05) is 65.4 Å². The predicted octanol–water partition coefficient (Wildman–Crippen LogP) is 6.00. The number of carbonyl (C=O) groups is 2. The Morgan fingerprint density at radius 3 is 1.28 bits per heavy atom. The fourth-order valence-electron chi connectivity index (χ4n) is 5.82. The maximum Gasteiger partial charge on any atom is 0.246 e. The van der Waals surface area contributed by atoms with Gasteiger partial charge >= 0.3 is 0 Å². The summed E-state index contributed by atoms with van der Waals surface area (Å²) in [6, 6.07) is 0. The van der Waals surface area contributed by atoms with Crippen LogP contribution in [0.1, 0.15) is 104 Å². The number of hydrogen-bond acceptors (Lipinski definition) is 6. The number of rotatable bonds is 20. The number of amides is 2. The Morgan fingerprint density at radius 2 is 0.913 bits per heavy atom. The van der Waals surface area contributed by atoms with Gasteiger partial charge in [-0.15, -0.1) is 0 Å². The van der Waals surface area contributed by atoms with Gasteiger partial charge in [0.05, 0.1) is 0 Å². The third-order valence-corrected chi connectivity index (χ3v) is 9.00. The summed E-state index contributed by atoms with van der Waals surface area (Å²) in [4.78, 5) is 38.0. The molecule has 2 rings (SSSR count). The molecule has 0 aromatic rings. The lowest BCUT2D eigenvalue weighted by Crippen LogP contribution is -2.36. The number of unbranched alkanes of at least 4 members (excludes halogenated alkanes) is 10. The van der Waals surface area contributed by atoms with Crippen molar-refractivity contribution < 1.29 is 9.59 Å². The zero-order chi connectivity index (χ0) is 33.8. The van der Waals surface area contributed by atoms with Gasteiger partial charge in [-0.25, -0.2) is 0 Å². The highest BCUT2D eigenvalue weighted by molar-refractivity contribution is 5.88. The quantitative estimate of drug-likeness (QED) is 0.120. The Balaban J connectivity index is 0.000000460. The van der Waals surface area contributed by atoms with E-state index in [1.54, 1.807) is 12.2 Å². The molecule has 0 aromatic carbocycles. The van der Waals surface area contributed by atoms with Gasteiger partial charge in [0.25, 0.3) is 0 Å². The molecule has 0 saturated carbocycles. The van der Waals surface area contributed by atoms with Crippen molar-refractivity contribution in [2.24, 2.45) is 0 Å². The molecule has 8 heteroatoms. The van der Waals surface area contributed by atoms with Gasteiger partial charge in [0.2, 0.25) is 11.8 Å². The van der Waals surface area contributed by atoms with Gasteiger partial charge in [-0.3, -0.25) is 9.59 Å². The van der Waals surface area contributed by atoms with Crippen molar-refractivity contribution >= 4 is 11.8 Å². The van der Waals surface area contributed by atoms with E-state index in [0.29, 0.717) is 0 Å². The fraction of sp³-hybridized carbons (Fsp3) is 0.842. The lowest BCUT2D eigenvalue weighted by atomic mass is 10.1. The van der Waals surface area contributed by atoms with E-state index < -0.39 is 0 Å². The Hall–Kier alpha value is -1.74. The average molecular weight is 647 g/mol.